The number of halogens is 1. The van der Waals surface area contributed by atoms with Gasteiger partial charge in [-0.1, -0.05) is 86.1 Å². The lowest BCUT2D eigenvalue weighted by Crippen LogP contribution is -2.36. The van der Waals surface area contributed by atoms with Crippen molar-refractivity contribution in [2.24, 2.45) is 29.1 Å². The highest BCUT2D eigenvalue weighted by molar-refractivity contribution is 14.1. The summed E-state index contributed by atoms with van der Waals surface area (Å²) in [6.45, 7) is 11.8. The van der Waals surface area contributed by atoms with Crippen LogP contribution in [0.5, 0.6) is 0 Å². The van der Waals surface area contributed by atoms with E-state index < -0.39 is 0 Å². The molecule has 0 aromatic carbocycles. The van der Waals surface area contributed by atoms with Gasteiger partial charge in [0.15, 0.2) is 0 Å². The summed E-state index contributed by atoms with van der Waals surface area (Å²) in [6, 6.07) is 0. The van der Waals surface area contributed by atoms with Crippen molar-refractivity contribution in [3.63, 3.8) is 0 Å². The summed E-state index contributed by atoms with van der Waals surface area (Å²) < 4.78 is 1.29. The van der Waals surface area contributed by atoms with Crippen molar-refractivity contribution in [1.82, 2.24) is 0 Å². The minimum Gasteiger partial charge on any atom is -0.393 e. The lowest BCUT2D eigenvalue weighted by atomic mass is 9.60. The van der Waals surface area contributed by atoms with Crippen molar-refractivity contribution < 1.29 is 5.11 Å². The van der Waals surface area contributed by atoms with Crippen LogP contribution < -0.4 is 0 Å². The molecule has 3 aliphatic rings. The van der Waals surface area contributed by atoms with Gasteiger partial charge in [-0.25, -0.2) is 0 Å². The highest BCUT2D eigenvalue weighted by atomic mass is 127. The van der Waals surface area contributed by atoms with Gasteiger partial charge in [-0.3, -0.25) is 0 Å². The fraction of sp³-hybridized carbons (Fsp3) is 0.778. The summed E-state index contributed by atoms with van der Waals surface area (Å²) in [5.74, 6) is 3.40. The van der Waals surface area contributed by atoms with E-state index in [1.54, 1.807) is 5.57 Å². The highest BCUT2D eigenvalue weighted by Gasteiger charge is 2.50. The second kappa shape index (κ2) is 10.5. The SMILES string of the molecule is C=C1CC[C@H](O)C/C1=C\C=C1/CCC[C@]2(C)[C@@H]([C@H](C)CCCC(C)CI)CC[C@@H]12. The summed E-state index contributed by atoms with van der Waals surface area (Å²) in [5, 5.41) is 10.0. The van der Waals surface area contributed by atoms with Crippen LogP contribution in [0.15, 0.2) is 35.5 Å². The van der Waals surface area contributed by atoms with Crippen LogP contribution in [0.2, 0.25) is 0 Å². The zero-order valence-corrected chi connectivity index (χ0v) is 21.2. The zero-order valence-electron chi connectivity index (χ0n) is 19.1. The Kier molecular flexibility index (Phi) is 8.52. The van der Waals surface area contributed by atoms with Gasteiger partial charge in [-0.15, -0.1) is 0 Å². The van der Waals surface area contributed by atoms with E-state index in [0.717, 1.165) is 42.9 Å². The van der Waals surface area contributed by atoms with Crippen LogP contribution in [0.4, 0.5) is 0 Å². The van der Waals surface area contributed by atoms with Gasteiger partial charge >= 0.3 is 0 Å². The van der Waals surface area contributed by atoms with Crippen molar-refractivity contribution in [3.05, 3.63) is 35.5 Å². The minimum atomic E-state index is -0.173. The molecular weight excluding hydrogens is 467 g/mol. The third kappa shape index (κ3) is 5.59. The molecule has 1 nitrogen and oxygen atoms in total. The van der Waals surface area contributed by atoms with Crippen molar-refractivity contribution >= 4 is 22.6 Å². The van der Waals surface area contributed by atoms with Crippen LogP contribution in [-0.4, -0.2) is 15.6 Å². The third-order valence-corrected chi connectivity index (χ3v) is 10.0. The maximum Gasteiger partial charge on any atom is 0.0583 e. The molecule has 1 N–H and O–H groups in total. The van der Waals surface area contributed by atoms with Crippen LogP contribution >= 0.6 is 22.6 Å². The van der Waals surface area contributed by atoms with Crippen molar-refractivity contribution in [2.75, 3.05) is 4.43 Å². The van der Waals surface area contributed by atoms with Crippen molar-refractivity contribution in [2.45, 2.75) is 97.5 Å². The van der Waals surface area contributed by atoms with E-state index in [4.69, 9.17) is 0 Å². The van der Waals surface area contributed by atoms with Crippen LogP contribution in [-0.2, 0) is 0 Å². The zero-order chi connectivity index (χ0) is 21.0. The second-order valence-electron chi connectivity index (χ2n) is 10.7. The molecule has 3 rings (SSSR count). The second-order valence-corrected chi connectivity index (χ2v) is 11.6. The smallest absolute Gasteiger partial charge is 0.0583 e. The van der Waals surface area contributed by atoms with E-state index >= 15 is 0 Å². The summed E-state index contributed by atoms with van der Waals surface area (Å²) >= 11 is 2.53. The molecule has 0 saturated heterocycles. The molecule has 164 valence electrons. The van der Waals surface area contributed by atoms with Crippen LogP contribution in [0, 0.1) is 29.1 Å². The normalized spacial score (nSPS) is 37.7. The van der Waals surface area contributed by atoms with Crippen LogP contribution in [0.3, 0.4) is 0 Å². The molecule has 0 radical (unpaired) electrons. The maximum atomic E-state index is 10.0. The number of hydrogen-bond acceptors (Lipinski definition) is 1. The van der Waals surface area contributed by atoms with E-state index in [2.05, 4.69) is 62.1 Å². The van der Waals surface area contributed by atoms with Crippen LogP contribution in [0.25, 0.3) is 0 Å². The molecule has 2 heteroatoms. The molecule has 6 atom stereocenters. The molecule has 3 saturated carbocycles. The quantitative estimate of drug-likeness (QED) is 0.272. The fourth-order valence-corrected chi connectivity index (χ4v) is 7.12. The number of rotatable bonds is 7. The molecule has 0 aromatic heterocycles. The Morgan fingerprint density at radius 2 is 1.97 bits per heavy atom. The Morgan fingerprint density at radius 1 is 1.17 bits per heavy atom. The van der Waals surface area contributed by atoms with E-state index in [0.29, 0.717) is 5.41 Å². The first-order valence-corrected chi connectivity index (χ1v) is 13.7. The van der Waals surface area contributed by atoms with Crippen molar-refractivity contribution in [3.8, 4) is 0 Å². The average Bonchev–Trinajstić information content (AvgIpc) is 3.06. The van der Waals surface area contributed by atoms with Crippen LogP contribution in [0.1, 0.15) is 91.4 Å². The number of allylic oxidation sites excluding steroid dienone is 4. The molecule has 0 heterocycles. The van der Waals surface area contributed by atoms with Gasteiger partial charge in [0.05, 0.1) is 6.10 Å². The highest BCUT2D eigenvalue weighted by Crippen LogP contribution is 2.59. The number of aliphatic hydroxyl groups is 1. The Bertz CT molecular complexity index is 632. The Labute approximate surface area is 193 Å². The predicted octanol–water partition coefficient (Wildman–Crippen LogP) is 8.03. The number of aliphatic hydroxyl groups excluding tert-OH is 1. The molecule has 0 aliphatic heterocycles. The van der Waals surface area contributed by atoms with E-state index in [-0.39, 0.29) is 6.10 Å². The molecule has 0 amide bonds. The summed E-state index contributed by atoms with van der Waals surface area (Å²) in [6.07, 6.45) is 18.3. The standard InChI is InChI=1S/C27H43IO/c1-19(18-28)7-5-8-21(3)25-14-15-26-22(9-6-16-27(25,26)4)11-12-23-17-24(29)13-10-20(23)2/h11-12,19,21,24-26,29H,2,5-10,13-18H2,1,3-4H3/b22-11+,23-12+/t19?,21-,24+,25-,26+,27-/m1/s1. The summed E-state index contributed by atoms with van der Waals surface area (Å²) in [4.78, 5) is 0. The van der Waals surface area contributed by atoms with Gasteiger partial charge in [0.2, 0.25) is 0 Å². The molecule has 0 aromatic rings. The largest absolute Gasteiger partial charge is 0.393 e. The maximum absolute atomic E-state index is 10.0. The number of hydrogen-bond donors (Lipinski definition) is 1. The topological polar surface area (TPSA) is 20.2 Å². The summed E-state index contributed by atoms with van der Waals surface area (Å²) in [7, 11) is 0. The van der Waals surface area contributed by atoms with E-state index in [1.807, 2.05) is 0 Å². The summed E-state index contributed by atoms with van der Waals surface area (Å²) in [5.41, 5.74) is 4.72. The Balaban J connectivity index is 1.67. The van der Waals surface area contributed by atoms with Gasteiger partial charge in [0.25, 0.3) is 0 Å². The molecule has 3 fully saturated rings. The van der Waals surface area contributed by atoms with Gasteiger partial charge in [0.1, 0.15) is 0 Å². The lowest BCUT2D eigenvalue weighted by Gasteiger charge is -2.44. The van der Waals surface area contributed by atoms with Crippen molar-refractivity contribution in [1.29, 1.82) is 0 Å². The van der Waals surface area contributed by atoms with Gasteiger partial charge in [0, 0.05) is 4.43 Å². The fourth-order valence-electron chi connectivity index (χ4n) is 6.68. The third-order valence-electron chi connectivity index (χ3n) is 8.53. The van der Waals surface area contributed by atoms with Gasteiger partial charge in [-0.05, 0) is 92.4 Å². The van der Waals surface area contributed by atoms with Gasteiger partial charge < -0.3 is 5.11 Å². The Morgan fingerprint density at radius 3 is 2.72 bits per heavy atom. The molecule has 3 aliphatic carbocycles. The van der Waals surface area contributed by atoms with Gasteiger partial charge in [-0.2, -0.15) is 0 Å². The molecular formula is C27H43IO. The molecule has 29 heavy (non-hydrogen) atoms. The monoisotopic (exact) mass is 510 g/mol. The molecule has 1 unspecified atom stereocenters. The molecule has 0 spiro atoms. The first-order valence-electron chi connectivity index (χ1n) is 12.2. The Hall–Kier alpha value is -0.0900. The minimum absolute atomic E-state index is 0.173. The number of alkyl halides is 1. The molecule has 0 bridgehead atoms. The first-order chi connectivity index (χ1) is 13.8. The average molecular weight is 511 g/mol. The van der Waals surface area contributed by atoms with E-state index in [1.165, 1.54) is 66.9 Å². The first kappa shape index (κ1) is 23.6. The predicted molar refractivity (Wildman–Crippen MR) is 134 cm³/mol. The lowest BCUT2D eigenvalue weighted by molar-refractivity contribution is 0.0929. The number of fused-ring (bicyclic) bond motifs is 1. The van der Waals surface area contributed by atoms with E-state index in [9.17, 15) is 5.11 Å².